The summed E-state index contributed by atoms with van der Waals surface area (Å²) in [5.74, 6) is 0.486. The van der Waals surface area contributed by atoms with E-state index < -0.39 is 10.0 Å². The molecular formula is C25H28BrN3O3S. The second-order valence-corrected chi connectivity index (χ2v) is 11.0. The molecule has 3 aromatic rings. The second-order valence-electron chi connectivity index (χ2n) is 8.39. The van der Waals surface area contributed by atoms with Gasteiger partial charge in [-0.2, -0.15) is 0 Å². The van der Waals surface area contributed by atoms with E-state index in [4.69, 9.17) is 4.74 Å². The van der Waals surface area contributed by atoms with Crippen LogP contribution in [0.3, 0.4) is 0 Å². The summed E-state index contributed by atoms with van der Waals surface area (Å²) in [4.78, 5) is 2.46. The summed E-state index contributed by atoms with van der Waals surface area (Å²) in [6.45, 7) is 6.32. The van der Waals surface area contributed by atoms with Gasteiger partial charge in [0.15, 0.2) is 0 Å². The maximum absolute atomic E-state index is 13.1. The van der Waals surface area contributed by atoms with Crippen molar-refractivity contribution in [3.05, 3.63) is 82.8 Å². The first-order chi connectivity index (χ1) is 15.8. The van der Waals surface area contributed by atoms with Crippen molar-refractivity contribution >= 4 is 37.3 Å². The smallest absolute Gasteiger partial charge is 0.262 e. The number of hydrogen-bond acceptors (Lipinski definition) is 5. The Bertz CT molecular complexity index is 1180. The normalized spacial score (nSPS) is 18.7. The largest absolute Gasteiger partial charge is 0.487 e. The van der Waals surface area contributed by atoms with Gasteiger partial charge in [-0.3, -0.25) is 4.72 Å². The number of nitrogens with one attached hydrogen (secondary N) is 2. The van der Waals surface area contributed by atoms with Crippen LogP contribution in [0.1, 0.15) is 19.4 Å². The van der Waals surface area contributed by atoms with Crippen LogP contribution in [-0.2, 0) is 16.6 Å². The third kappa shape index (κ3) is 6.07. The molecule has 8 heteroatoms. The molecule has 1 fully saturated rings. The number of ether oxygens (including phenoxy) is 1. The van der Waals surface area contributed by atoms with E-state index in [2.05, 4.69) is 44.7 Å². The molecule has 0 spiro atoms. The van der Waals surface area contributed by atoms with Gasteiger partial charge in [0.1, 0.15) is 12.4 Å². The van der Waals surface area contributed by atoms with Gasteiger partial charge >= 0.3 is 0 Å². The minimum absolute atomic E-state index is 0.189. The Hall–Kier alpha value is -2.55. The van der Waals surface area contributed by atoms with Crippen molar-refractivity contribution in [2.45, 2.75) is 37.4 Å². The van der Waals surface area contributed by atoms with Crippen molar-refractivity contribution in [2.75, 3.05) is 22.7 Å². The molecule has 174 valence electrons. The van der Waals surface area contributed by atoms with Crippen LogP contribution in [0.5, 0.6) is 5.75 Å². The highest BCUT2D eigenvalue weighted by molar-refractivity contribution is 9.10. The number of hydrogen-bond donors (Lipinski definition) is 2. The van der Waals surface area contributed by atoms with E-state index in [0.717, 1.165) is 28.8 Å². The van der Waals surface area contributed by atoms with Crippen LogP contribution in [0.25, 0.3) is 0 Å². The van der Waals surface area contributed by atoms with Crippen LogP contribution in [0.4, 0.5) is 11.4 Å². The van der Waals surface area contributed by atoms with Gasteiger partial charge in [0.05, 0.1) is 10.6 Å². The molecule has 6 nitrogen and oxygen atoms in total. The molecule has 1 aliphatic rings. The highest BCUT2D eigenvalue weighted by atomic mass is 79.9. The van der Waals surface area contributed by atoms with E-state index in [1.54, 1.807) is 24.3 Å². The van der Waals surface area contributed by atoms with Gasteiger partial charge in [0.2, 0.25) is 0 Å². The third-order valence-corrected chi connectivity index (χ3v) is 7.40. The summed E-state index contributed by atoms with van der Waals surface area (Å²) in [7, 11) is -3.79. The standard InChI is InChI=1S/C25H28BrN3O3S/c1-18-15-29(16-19(2)27-18)22-10-13-25(32-17-20-6-4-3-5-7-20)24(14-22)28-33(30,31)23-11-8-21(26)9-12-23/h3-14,18-19,27-28H,15-17H2,1-2H3/t18-,19+. The van der Waals surface area contributed by atoms with Gasteiger partial charge in [-0.15, -0.1) is 0 Å². The lowest BCUT2D eigenvalue weighted by Gasteiger charge is -2.38. The van der Waals surface area contributed by atoms with E-state index in [-0.39, 0.29) is 4.90 Å². The molecule has 1 aliphatic heterocycles. The second kappa shape index (κ2) is 10.2. The molecule has 3 aromatic carbocycles. The Morgan fingerprint density at radius 3 is 2.33 bits per heavy atom. The van der Waals surface area contributed by atoms with Gasteiger partial charge in [-0.1, -0.05) is 46.3 Å². The van der Waals surface area contributed by atoms with E-state index in [1.165, 1.54) is 0 Å². The van der Waals surface area contributed by atoms with E-state index in [0.29, 0.717) is 30.1 Å². The summed E-state index contributed by atoms with van der Waals surface area (Å²) in [5.41, 5.74) is 2.38. The van der Waals surface area contributed by atoms with Crippen molar-refractivity contribution in [3.63, 3.8) is 0 Å². The lowest BCUT2D eigenvalue weighted by atomic mass is 10.1. The summed E-state index contributed by atoms with van der Waals surface area (Å²) < 4.78 is 35.9. The molecule has 1 saturated heterocycles. The fourth-order valence-corrected chi connectivity index (χ4v) is 5.34. The summed E-state index contributed by atoms with van der Waals surface area (Å²) in [6, 6.07) is 22.7. The Balaban J connectivity index is 1.64. The molecule has 33 heavy (non-hydrogen) atoms. The van der Waals surface area contributed by atoms with Crippen LogP contribution in [0, 0.1) is 0 Å². The first-order valence-corrected chi connectivity index (χ1v) is 13.2. The van der Waals surface area contributed by atoms with E-state index >= 15 is 0 Å². The van der Waals surface area contributed by atoms with Crippen molar-refractivity contribution < 1.29 is 13.2 Å². The van der Waals surface area contributed by atoms with Crippen LogP contribution >= 0.6 is 15.9 Å². The summed E-state index contributed by atoms with van der Waals surface area (Å²) in [5, 5.41) is 3.53. The minimum Gasteiger partial charge on any atom is -0.487 e. The SMILES string of the molecule is C[C@@H]1CN(c2ccc(OCc3ccccc3)c(NS(=O)(=O)c3ccc(Br)cc3)c2)C[C@H](C)N1. The van der Waals surface area contributed by atoms with Gasteiger partial charge in [0.25, 0.3) is 10.0 Å². The summed E-state index contributed by atoms with van der Waals surface area (Å²) in [6.07, 6.45) is 0. The maximum Gasteiger partial charge on any atom is 0.262 e. The Morgan fingerprint density at radius 2 is 1.67 bits per heavy atom. The Morgan fingerprint density at radius 1 is 1.00 bits per heavy atom. The Labute approximate surface area is 204 Å². The van der Waals surface area contributed by atoms with E-state index in [9.17, 15) is 8.42 Å². The van der Waals surface area contributed by atoms with Crippen LogP contribution in [-0.4, -0.2) is 33.6 Å². The monoisotopic (exact) mass is 529 g/mol. The maximum atomic E-state index is 13.1. The first kappa shape index (κ1) is 23.6. The number of rotatable bonds is 7. The zero-order chi connectivity index (χ0) is 23.4. The zero-order valence-electron chi connectivity index (χ0n) is 18.7. The fraction of sp³-hybridized carbons (Fsp3) is 0.280. The Kier molecular flexibility index (Phi) is 7.26. The topological polar surface area (TPSA) is 70.7 Å². The van der Waals surface area contributed by atoms with Gasteiger partial charge in [-0.05, 0) is 61.9 Å². The molecule has 2 N–H and O–H groups in total. The molecule has 2 atom stereocenters. The fourth-order valence-electron chi connectivity index (χ4n) is 4.01. The van der Waals surface area contributed by atoms with Crippen LogP contribution in [0.15, 0.2) is 82.2 Å². The zero-order valence-corrected chi connectivity index (χ0v) is 21.1. The number of halogens is 1. The van der Waals surface area contributed by atoms with Gasteiger partial charge in [0, 0.05) is 35.3 Å². The molecule has 0 aromatic heterocycles. The van der Waals surface area contributed by atoms with E-state index in [1.807, 2.05) is 48.5 Å². The highest BCUT2D eigenvalue weighted by Gasteiger charge is 2.23. The quantitative estimate of drug-likeness (QED) is 0.449. The summed E-state index contributed by atoms with van der Waals surface area (Å²) >= 11 is 3.35. The number of sulfonamides is 1. The van der Waals surface area contributed by atoms with Crippen molar-refractivity contribution in [1.29, 1.82) is 0 Å². The number of benzene rings is 3. The molecule has 0 saturated carbocycles. The number of anilines is 2. The molecule has 0 unspecified atom stereocenters. The number of nitrogens with zero attached hydrogens (tertiary/aromatic N) is 1. The van der Waals surface area contributed by atoms with Crippen LogP contribution in [0.2, 0.25) is 0 Å². The predicted molar refractivity (Wildman–Crippen MR) is 136 cm³/mol. The van der Waals surface area contributed by atoms with Crippen molar-refractivity contribution in [2.24, 2.45) is 0 Å². The molecule has 0 radical (unpaired) electrons. The minimum atomic E-state index is -3.79. The average Bonchev–Trinajstić information content (AvgIpc) is 2.78. The molecule has 0 bridgehead atoms. The predicted octanol–water partition coefficient (Wildman–Crippen LogP) is 5.02. The lowest BCUT2D eigenvalue weighted by Crippen LogP contribution is -2.54. The highest BCUT2D eigenvalue weighted by Crippen LogP contribution is 2.33. The van der Waals surface area contributed by atoms with Crippen LogP contribution < -0.4 is 19.7 Å². The third-order valence-electron chi connectivity index (χ3n) is 5.49. The number of piperazine rings is 1. The molecule has 4 rings (SSSR count). The lowest BCUT2D eigenvalue weighted by molar-refractivity contribution is 0.308. The first-order valence-electron chi connectivity index (χ1n) is 10.9. The molecule has 0 aliphatic carbocycles. The van der Waals surface area contributed by atoms with Crippen molar-refractivity contribution in [3.8, 4) is 5.75 Å². The molecule has 0 amide bonds. The average molecular weight is 530 g/mol. The van der Waals surface area contributed by atoms with Gasteiger partial charge < -0.3 is 15.0 Å². The van der Waals surface area contributed by atoms with Gasteiger partial charge in [-0.25, -0.2) is 8.42 Å². The van der Waals surface area contributed by atoms with Crippen molar-refractivity contribution in [1.82, 2.24) is 5.32 Å². The molecule has 1 heterocycles. The molecular weight excluding hydrogens is 502 g/mol.